The van der Waals surface area contributed by atoms with Gasteiger partial charge < -0.3 is 16.8 Å². The summed E-state index contributed by atoms with van der Waals surface area (Å²) in [7, 11) is 0. The predicted molar refractivity (Wildman–Crippen MR) is 146 cm³/mol. The quantitative estimate of drug-likeness (QED) is 0.486. The van der Waals surface area contributed by atoms with Gasteiger partial charge in [0.15, 0.2) is 6.71 Å². The topological polar surface area (TPSA) is 64.1 Å². The summed E-state index contributed by atoms with van der Waals surface area (Å²) in [4.78, 5) is 0. The van der Waals surface area contributed by atoms with Gasteiger partial charge in [0.1, 0.15) is 0 Å². The molecular formula is C28H50BN3. The minimum atomic E-state index is 0.626. The van der Waals surface area contributed by atoms with E-state index >= 15 is 0 Å². The second kappa shape index (κ2) is 16.2. The number of hydrogen-bond acceptors (Lipinski definition) is 3. The molecule has 0 aromatic heterocycles. The average Bonchev–Trinajstić information content (AvgIpc) is 3.22. The zero-order chi connectivity index (χ0) is 23.9. The summed E-state index contributed by atoms with van der Waals surface area (Å²) in [5.41, 5.74) is 17.3. The molecule has 3 nitrogen and oxygen atoms in total. The van der Waals surface area contributed by atoms with Crippen molar-refractivity contribution in [2.75, 3.05) is 13.1 Å². The molecule has 180 valence electrons. The molecule has 4 rings (SSSR count). The molecule has 0 radical (unpaired) electrons. The Kier molecular flexibility index (Phi) is 14.4. The highest BCUT2D eigenvalue weighted by Crippen LogP contribution is 2.34. The van der Waals surface area contributed by atoms with Crippen LogP contribution >= 0.6 is 0 Å². The van der Waals surface area contributed by atoms with Crippen molar-refractivity contribution >= 4 is 12.3 Å². The second-order valence-electron chi connectivity index (χ2n) is 8.88. The first kappa shape index (κ1) is 28.5. The van der Waals surface area contributed by atoms with Crippen LogP contribution in [0.5, 0.6) is 0 Å². The van der Waals surface area contributed by atoms with Gasteiger partial charge in [-0.05, 0) is 73.9 Å². The van der Waals surface area contributed by atoms with Crippen molar-refractivity contribution < 1.29 is 0 Å². The molecule has 1 aromatic rings. The van der Waals surface area contributed by atoms with E-state index in [-0.39, 0.29) is 0 Å². The highest BCUT2D eigenvalue weighted by molar-refractivity contribution is 6.67. The largest absolute Gasteiger partial charge is 0.393 e. The average molecular weight is 440 g/mol. The summed E-state index contributed by atoms with van der Waals surface area (Å²) in [6.45, 7) is 16.4. The molecule has 1 saturated carbocycles. The van der Waals surface area contributed by atoms with E-state index in [0.29, 0.717) is 12.7 Å². The first-order valence-corrected chi connectivity index (χ1v) is 13.3. The van der Waals surface area contributed by atoms with Crippen LogP contribution in [0, 0.1) is 5.92 Å². The maximum Gasteiger partial charge on any atom is 0.199 e. The first-order chi connectivity index (χ1) is 15.6. The lowest BCUT2D eigenvalue weighted by Crippen LogP contribution is -2.42. The van der Waals surface area contributed by atoms with Crippen LogP contribution in [0.3, 0.4) is 0 Å². The van der Waals surface area contributed by atoms with E-state index in [4.69, 9.17) is 11.5 Å². The molecule has 4 heteroatoms. The molecule has 32 heavy (non-hydrogen) atoms. The van der Waals surface area contributed by atoms with Crippen LogP contribution in [0.15, 0.2) is 36.5 Å². The molecule has 3 aliphatic rings. The Balaban J connectivity index is 0.000000497. The predicted octanol–water partition coefficient (Wildman–Crippen LogP) is 6.10. The van der Waals surface area contributed by atoms with Crippen molar-refractivity contribution in [2.45, 2.75) is 98.2 Å². The number of fused-ring (bicyclic) bond motifs is 2. The van der Waals surface area contributed by atoms with Crippen LogP contribution in [0.1, 0.15) is 96.3 Å². The van der Waals surface area contributed by atoms with Crippen molar-refractivity contribution in [2.24, 2.45) is 17.4 Å². The molecule has 0 bridgehead atoms. The Bertz CT molecular complexity index is 690. The van der Waals surface area contributed by atoms with Gasteiger partial charge >= 0.3 is 0 Å². The molecule has 1 atom stereocenters. The van der Waals surface area contributed by atoms with E-state index in [0.717, 1.165) is 25.4 Å². The van der Waals surface area contributed by atoms with Crippen LogP contribution in [0.25, 0.3) is 5.57 Å². The molecule has 1 fully saturated rings. The van der Waals surface area contributed by atoms with Gasteiger partial charge in [0.2, 0.25) is 0 Å². The maximum absolute atomic E-state index is 5.06. The molecule has 2 aliphatic heterocycles. The minimum Gasteiger partial charge on any atom is -0.393 e. The first-order valence-electron chi connectivity index (χ1n) is 13.3. The van der Waals surface area contributed by atoms with E-state index in [1.54, 1.807) is 5.56 Å². The second-order valence-corrected chi connectivity index (χ2v) is 8.88. The molecular weight excluding hydrogens is 389 g/mol. The lowest BCUT2D eigenvalue weighted by molar-refractivity contribution is 0.351. The highest BCUT2D eigenvalue weighted by Gasteiger charge is 2.36. The van der Waals surface area contributed by atoms with Gasteiger partial charge in [-0.15, -0.1) is 0 Å². The Hall–Kier alpha value is -1.52. The van der Waals surface area contributed by atoms with Gasteiger partial charge in [-0.3, -0.25) is 0 Å². The molecule has 5 N–H and O–H groups in total. The molecule has 0 saturated heterocycles. The Morgan fingerprint density at radius 3 is 2.28 bits per heavy atom. The summed E-state index contributed by atoms with van der Waals surface area (Å²) >= 11 is 0. The highest BCUT2D eigenvalue weighted by atomic mass is 14.9. The number of allylic oxidation sites excluding steroid dienone is 2. The Labute approximate surface area is 199 Å². The molecule has 2 heterocycles. The van der Waals surface area contributed by atoms with Crippen LogP contribution in [0.4, 0.5) is 0 Å². The van der Waals surface area contributed by atoms with E-state index in [9.17, 15) is 0 Å². The third-order valence-corrected chi connectivity index (χ3v) is 6.56. The van der Waals surface area contributed by atoms with Gasteiger partial charge in [-0.25, -0.2) is 0 Å². The molecule has 1 aromatic carbocycles. The molecule has 1 unspecified atom stereocenters. The fraction of sp³-hybridized carbons (Fsp3) is 0.643. The zero-order valence-electron chi connectivity index (χ0n) is 21.7. The minimum absolute atomic E-state index is 0.626. The third kappa shape index (κ3) is 8.44. The van der Waals surface area contributed by atoms with E-state index < -0.39 is 0 Å². The summed E-state index contributed by atoms with van der Waals surface area (Å²) in [6, 6.07) is 6.77. The summed E-state index contributed by atoms with van der Waals surface area (Å²) in [5.74, 6) is 4.12. The summed E-state index contributed by atoms with van der Waals surface area (Å²) in [6.07, 6.45) is 11.8. The molecule has 0 amide bonds. The Morgan fingerprint density at radius 1 is 1.06 bits per heavy atom. The summed E-state index contributed by atoms with van der Waals surface area (Å²) < 4.78 is 0. The smallest absolute Gasteiger partial charge is 0.199 e. The van der Waals surface area contributed by atoms with Crippen LogP contribution < -0.4 is 16.8 Å². The summed E-state index contributed by atoms with van der Waals surface area (Å²) in [5, 5.41) is 3.87. The van der Waals surface area contributed by atoms with Gasteiger partial charge in [0.05, 0.1) is 0 Å². The van der Waals surface area contributed by atoms with E-state index in [2.05, 4.69) is 43.0 Å². The standard InChI is InChI=1S/C21H28BN.C3H10N2.2C2H6/c1-15(2)19-10-6-9-17-12-21-22(14-20(17)19)13-18(23-21)11-16-7-4-3-5-8-16;4-2-1-3-5;2*1-2/h6,9-10,13,16,21,23H,1,3-5,7-8,11-12,14H2,2H3;1-5H2;2*1-2H3. The zero-order valence-corrected chi connectivity index (χ0v) is 21.7. The lowest BCUT2D eigenvalue weighted by atomic mass is 9.39. The lowest BCUT2D eigenvalue weighted by Gasteiger charge is -2.28. The Morgan fingerprint density at radius 2 is 1.72 bits per heavy atom. The monoisotopic (exact) mass is 439 g/mol. The SMILES string of the molecule is C=C(C)c1cccc2c1CB1C=C(CC3CCCCC3)NC1C2.CC.CC.NCCCN. The number of nitrogens with one attached hydrogen (secondary N) is 1. The number of rotatable bonds is 5. The van der Waals surface area contributed by atoms with Crippen molar-refractivity contribution in [3.05, 3.63) is 53.1 Å². The number of hydrogen-bond donors (Lipinski definition) is 3. The van der Waals surface area contributed by atoms with Gasteiger partial charge in [-0.1, -0.05) is 96.1 Å². The molecule has 0 spiro atoms. The number of nitrogens with two attached hydrogens (primary N) is 2. The van der Waals surface area contributed by atoms with Crippen molar-refractivity contribution in [3.63, 3.8) is 0 Å². The third-order valence-electron chi connectivity index (χ3n) is 6.56. The van der Waals surface area contributed by atoms with Crippen LogP contribution in [-0.4, -0.2) is 25.7 Å². The normalized spacial score (nSPS) is 18.8. The van der Waals surface area contributed by atoms with Crippen LogP contribution in [-0.2, 0) is 12.7 Å². The van der Waals surface area contributed by atoms with Crippen molar-refractivity contribution in [3.8, 4) is 0 Å². The van der Waals surface area contributed by atoms with Gasteiger partial charge in [0.25, 0.3) is 0 Å². The van der Waals surface area contributed by atoms with Gasteiger partial charge in [0, 0.05) is 5.94 Å². The van der Waals surface area contributed by atoms with Crippen molar-refractivity contribution in [1.29, 1.82) is 0 Å². The van der Waals surface area contributed by atoms with Crippen molar-refractivity contribution in [1.82, 2.24) is 5.32 Å². The number of benzene rings is 1. The van der Waals surface area contributed by atoms with E-state index in [1.165, 1.54) is 73.7 Å². The van der Waals surface area contributed by atoms with Gasteiger partial charge in [-0.2, -0.15) is 0 Å². The molecule has 1 aliphatic carbocycles. The fourth-order valence-corrected chi connectivity index (χ4v) is 5.06. The fourth-order valence-electron chi connectivity index (χ4n) is 5.06. The van der Waals surface area contributed by atoms with Crippen LogP contribution in [0.2, 0.25) is 0 Å². The maximum atomic E-state index is 5.06. The van der Waals surface area contributed by atoms with E-state index in [1.807, 2.05) is 27.7 Å².